The molecule has 0 spiro atoms. The van der Waals surface area contributed by atoms with Gasteiger partial charge in [-0.15, -0.1) is 12.4 Å². The molecule has 0 bridgehead atoms. The molecule has 0 atom stereocenters. The second-order valence-electron chi connectivity index (χ2n) is 7.73. The summed E-state index contributed by atoms with van der Waals surface area (Å²) in [4.78, 5) is 16.5. The maximum Gasteiger partial charge on any atom is 0.254 e. The van der Waals surface area contributed by atoms with Gasteiger partial charge in [0.15, 0.2) is 0 Å². The minimum Gasteiger partial charge on any atom is -0.411 e. The lowest BCUT2D eigenvalue weighted by molar-refractivity contribution is 0.0719. The van der Waals surface area contributed by atoms with Gasteiger partial charge >= 0.3 is 0 Å². The molecule has 2 aromatic carbocycles. The first-order chi connectivity index (χ1) is 14.0. The van der Waals surface area contributed by atoms with Gasteiger partial charge in [-0.1, -0.05) is 23.4 Å². The first-order valence-corrected chi connectivity index (χ1v) is 9.81. The largest absolute Gasteiger partial charge is 0.411 e. The van der Waals surface area contributed by atoms with Crippen LogP contribution in [-0.4, -0.2) is 52.8 Å². The highest BCUT2D eigenvalue weighted by atomic mass is 35.5. The van der Waals surface area contributed by atoms with Gasteiger partial charge in [-0.25, -0.2) is 8.78 Å². The van der Waals surface area contributed by atoms with Crippen molar-refractivity contribution < 1.29 is 18.8 Å². The number of rotatable bonds is 5. The van der Waals surface area contributed by atoms with Crippen molar-refractivity contribution in [2.24, 2.45) is 11.1 Å². The van der Waals surface area contributed by atoms with Gasteiger partial charge in [0.1, 0.15) is 17.3 Å². The maximum atomic E-state index is 14.0. The summed E-state index contributed by atoms with van der Waals surface area (Å²) in [6, 6.07) is 11.0. The lowest BCUT2D eigenvalue weighted by Gasteiger charge is -2.33. The van der Waals surface area contributed by atoms with Crippen LogP contribution < -0.4 is 0 Å². The zero-order valence-electron chi connectivity index (χ0n) is 16.4. The number of halogens is 3. The summed E-state index contributed by atoms with van der Waals surface area (Å²) in [6.45, 7) is 3.22. The summed E-state index contributed by atoms with van der Waals surface area (Å²) in [5.41, 5.74) is 2.18. The van der Waals surface area contributed by atoms with E-state index in [1.165, 1.54) is 6.07 Å². The number of nitrogens with zero attached hydrogens (tertiary/aromatic N) is 3. The fourth-order valence-corrected chi connectivity index (χ4v) is 4.21. The van der Waals surface area contributed by atoms with E-state index in [9.17, 15) is 18.8 Å². The van der Waals surface area contributed by atoms with Crippen LogP contribution >= 0.6 is 12.4 Å². The molecular weight excluding hydrogens is 412 g/mol. The normalized spacial score (nSPS) is 17.7. The van der Waals surface area contributed by atoms with Gasteiger partial charge in [-0.3, -0.25) is 9.69 Å². The molecule has 2 aliphatic heterocycles. The third-order valence-corrected chi connectivity index (χ3v) is 5.82. The van der Waals surface area contributed by atoms with E-state index in [1.54, 1.807) is 0 Å². The van der Waals surface area contributed by atoms with Gasteiger partial charge in [0.25, 0.3) is 5.91 Å². The minimum atomic E-state index is -0.736. The van der Waals surface area contributed by atoms with Crippen molar-refractivity contribution in [3.05, 3.63) is 70.8 Å². The Balaban J connectivity index is 0.00000256. The zero-order chi connectivity index (χ0) is 20.4. The summed E-state index contributed by atoms with van der Waals surface area (Å²) < 4.78 is 27.1. The number of carbonyl (C=O) groups excluding carboxylic acids is 1. The Morgan fingerprint density at radius 2 is 1.87 bits per heavy atom. The molecule has 2 aromatic rings. The van der Waals surface area contributed by atoms with E-state index in [0.717, 1.165) is 55.7 Å². The highest BCUT2D eigenvalue weighted by Gasteiger charge is 2.30. The van der Waals surface area contributed by atoms with Gasteiger partial charge in [-0.2, -0.15) is 0 Å². The third kappa shape index (κ3) is 4.63. The Morgan fingerprint density at radius 1 is 1.13 bits per heavy atom. The van der Waals surface area contributed by atoms with E-state index < -0.39 is 11.6 Å². The smallest absolute Gasteiger partial charge is 0.254 e. The van der Waals surface area contributed by atoms with Crippen LogP contribution in [0.2, 0.25) is 0 Å². The molecule has 0 radical (unpaired) electrons. The Kier molecular flexibility index (Phi) is 7.05. The number of hydrogen-bond donors (Lipinski definition) is 1. The number of benzene rings is 2. The fraction of sp³-hybridized carbons (Fsp3) is 0.364. The molecule has 2 heterocycles. The highest BCUT2D eigenvalue weighted by molar-refractivity contribution is 6.02. The molecule has 0 aliphatic carbocycles. The number of hydrogen-bond acceptors (Lipinski definition) is 4. The minimum absolute atomic E-state index is 0. The molecule has 1 amide bonds. The summed E-state index contributed by atoms with van der Waals surface area (Å²) in [6.07, 6.45) is 1.81. The Hall–Kier alpha value is -2.51. The SMILES string of the molecule is Cl.O=C1c2ccccc2CN1CC1CCN(C/C(=N\O)c2ccc(F)cc2F)CC1. The molecule has 8 heteroatoms. The predicted octanol–water partition coefficient (Wildman–Crippen LogP) is 3.93. The Labute approximate surface area is 180 Å². The first-order valence-electron chi connectivity index (χ1n) is 9.81. The van der Waals surface area contributed by atoms with Crippen LogP contribution in [0.5, 0.6) is 0 Å². The van der Waals surface area contributed by atoms with Crippen molar-refractivity contribution in [1.29, 1.82) is 0 Å². The molecule has 0 aromatic heterocycles. The number of likely N-dealkylation sites (tertiary alicyclic amines) is 1. The lowest BCUT2D eigenvalue weighted by Crippen LogP contribution is -2.41. The van der Waals surface area contributed by atoms with Crippen LogP contribution in [0, 0.1) is 17.6 Å². The number of amides is 1. The van der Waals surface area contributed by atoms with E-state index in [0.29, 0.717) is 19.0 Å². The second kappa shape index (κ2) is 9.53. The number of piperidine rings is 1. The van der Waals surface area contributed by atoms with Gasteiger partial charge in [0, 0.05) is 36.8 Å². The molecule has 1 N–H and O–H groups in total. The quantitative estimate of drug-likeness (QED) is 0.440. The zero-order valence-corrected chi connectivity index (χ0v) is 17.2. The number of fused-ring (bicyclic) bond motifs is 1. The molecule has 160 valence electrons. The van der Waals surface area contributed by atoms with Crippen LogP contribution in [-0.2, 0) is 6.54 Å². The molecule has 4 rings (SSSR count). The molecule has 1 saturated heterocycles. The number of carbonyl (C=O) groups is 1. The van der Waals surface area contributed by atoms with Gasteiger partial charge < -0.3 is 10.1 Å². The standard InChI is InChI=1S/C22H23F2N3O2.ClH/c23-17-5-6-19(20(24)11-17)21(25-29)14-26-9-7-15(8-10-26)12-27-13-16-3-1-2-4-18(16)22(27)28;/h1-6,11,15,29H,7-10,12-14H2;1H/b25-21+;. The van der Waals surface area contributed by atoms with Crippen LogP contribution in [0.4, 0.5) is 8.78 Å². The molecule has 0 saturated carbocycles. The average Bonchev–Trinajstić information content (AvgIpc) is 3.03. The Bertz CT molecular complexity index is 946. The summed E-state index contributed by atoms with van der Waals surface area (Å²) in [5.74, 6) is -0.895. The fourth-order valence-electron chi connectivity index (χ4n) is 4.21. The molecule has 2 aliphatic rings. The van der Waals surface area contributed by atoms with Crippen molar-refractivity contribution in [2.45, 2.75) is 19.4 Å². The van der Waals surface area contributed by atoms with E-state index in [2.05, 4.69) is 10.1 Å². The van der Waals surface area contributed by atoms with Crippen molar-refractivity contribution in [2.75, 3.05) is 26.2 Å². The van der Waals surface area contributed by atoms with Gasteiger partial charge in [-0.05, 0) is 55.6 Å². The van der Waals surface area contributed by atoms with Crippen LogP contribution in [0.1, 0.15) is 34.3 Å². The van der Waals surface area contributed by atoms with E-state index >= 15 is 0 Å². The third-order valence-electron chi connectivity index (χ3n) is 5.82. The highest BCUT2D eigenvalue weighted by Crippen LogP contribution is 2.26. The van der Waals surface area contributed by atoms with E-state index in [1.807, 2.05) is 29.2 Å². The first kappa shape index (κ1) is 22.2. The molecule has 30 heavy (non-hydrogen) atoms. The van der Waals surface area contributed by atoms with Crippen LogP contribution in [0.25, 0.3) is 0 Å². The molecule has 1 fully saturated rings. The number of oxime groups is 1. The summed E-state index contributed by atoms with van der Waals surface area (Å²) in [7, 11) is 0. The van der Waals surface area contributed by atoms with Crippen LogP contribution in [0.15, 0.2) is 47.6 Å². The Morgan fingerprint density at radius 3 is 2.53 bits per heavy atom. The predicted molar refractivity (Wildman–Crippen MR) is 112 cm³/mol. The van der Waals surface area contributed by atoms with E-state index in [-0.39, 0.29) is 29.6 Å². The summed E-state index contributed by atoms with van der Waals surface area (Å²) >= 11 is 0. The summed E-state index contributed by atoms with van der Waals surface area (Å²) in [5, 5.41) is 12.6. The van der Waals surface area contributed by atoms with Crippen molar-refractivity contribution in [3.8, 4) is 0 Å². The monoisotopic (exact) mass is 435 g/mol. The lowest BCUT2D eigenvalue weighted by atomic mass is 9.95. The van der Waals surface area contributed by atoms with Crippen molar-refractivity contribution in [3.63, 3.8) is 0 Å². The second-order valence-corrected chi connectivity index (χ2v) is 7.73. The molecule has 0 unspecified atom stereocenters. The van der Waals surface area contributed by atoms with E-state index in [4.69, 9.17) is 0 Å². The van der Waals surface area contributed by atoms with Crippen LogP contribution in [0.3, 0.4) is 0 Å². The molecule has 5 nitrogen and oxygen atoms in total. The van der Waals surface area contributed by atoms with Crippen molar-refractivity contribution >= 4 is 24.0 Å². The molecular formula is C22H24ClF2N3O2. The average molecular weight is 436 g/mol. The van der Waals surface area contributed by atoms with Gasteiger partial charge in [0.05, 0.1) is 0 Å². The maximum absolute atomic E-state index is 14.0. The van der Waals surface area contributed by atoms with Gasteiger partial charge in [0.2, 0.25) is 0 Å². The van der Waals surface area contributed by atoms with Crippen molar-refractivity contribution in [1.82, 2.24) is 9.80 Å². The topological polar surface area (TPSA) is 56.1 Å².